The van der Waals surface area contributed by atoms with Gasteiger partial charge in [-0.3, -0.25) is 0 Å². The van der Waals surface area contributed by atoms with Crippen molar-refractivity contribution in [2.24, 2.45) is 0 Å². The molecule has 0 atom stereocenters. The second-order valence-corrected chi connectivity index (χ2v) is 5.81. The highest BCUT2D eigenvalue weighted by molar-refractivity contribution is 5.89. The standard InChI is InChI=1S/C19H20O4/c1-22-17-11-15(13-7-4-8-14(9-13)19(20)21)10-16(18(17)23-2)12-5-3-6-12/h4,7-12H,3,5-6H2,1-2H3,(H,20,21). The molecule has 120 valence electrons. The van der Waals surface area contributed by atoms with E-state index >= 15 is 0 Å². The summed E-state index contributed by atoms with van der Waals surface area (Å²) in [5.41, 5.74) is 3.25. The van der Waals surface area contributed by atoms with E-state index in [0.29, 0.717) is 11.7 Å². The first-order valence-electron chi connectivity index (χ1n) is 7.73. The van der Waals surface area contributed by atoms with Gasteiger partial charge in [0.15, 0.2) is 11.5 Å². The van der Waals surface area contributed by atoms with Gasteiger partial charge in [-0.15, -0.1) is 0 Å². The predicted molar refractivity (Wildman–Crippen MR) is 88.5 cm³/mol. The van der Waals surface area contributed by atoms with E-state index in [9.17, 15) is 9.90 Å². The fourth-order valence-corrected chi connectivity index (χ4v) is 3.01. The molecule has 4 nitrogen and oxygen atoms in total. The van der Waals surface area contributed by atoms with Crippen molar-refractivity contribution in [2.45, 2.75) is 25.2 Å². The second-order valence-electron chi connectivity index (χ2n) is 5.81. The molecular formula is C19H20O4. The van der Waals surface area contributed by atoms with Crippen molar-refractivity contribution in [3.05, 3.63) is 47.5 Å². The topological polar surface area (TPSA) is 55.8 Å². The van der Waals surface area contributed by atoms with Gasteiger partial charge in [0.2, 0.25) is 0 Å². The molecule has 4 heteroatoms. The van der Waals surface area contributed by atoms with Gasteiger partial charge in [-0.05, 0) is 54.2 Å². The largest absolute Gasteiger partial charge is 0.493 e. The molecule has 1 aliphatic carbocycles. The number of carboxylic acid groups (broad SMARTS) is 1. The lowest BCUT2D eigenvalue weighted by molar-refractivity contribution is 0.0697. The Labute approximate surface area is 135 Å². The summed E-state index contributed by atoms with van der Waals surface area (Å²) in [5.74, 6) is 1.04. The molecule has 2 aromatic rings. The van der Waals surface area contributed by atoms with Crippen molar-refractivity contribution in [3.8, 4) is 22.6 Å². The summed E-state index contributed by atoms with van der Waals surface area (Å²) in [7, 11) is 3.28. The number of carbonyl (C=O) groups is 1. The molecule has 0 aliphatic heterocycles. The third kappa shape index (κ3) is 2.89. The Morgan fingerprint density at radius 3 is 2.43 bits per heavy atom. The van der Waals surface area contributed by atoms with Gasteiger partial charge in [-0.1, -0.05) is 18.6 Å². The third-order valence-electron chi connectivity index (χ3n) is 4.50. The summed E-state index contributed by atoms with van der Waals surface area (Å²) >= 11 is 0. The number of carboxylic acids is 1. The van der Waals surface area contributed by atoms with Gasteiger partial charge in [0.25, 0.3) is 0 Å². The summed E-state index contributed by atoms with van der Waals surface area (Å²) in [6.07, 6.45) is 3.53. The first-order chi connectivity index (χ1) is 11.1. The summed E-state index contributed by atoms with van der Waals surface area (Å²) in [6.45, 7) is 0. The maximum atomic E-state index is 11.2. The van der Waals surface area contributed by atoms with E-state index in [0.717, 1.165) is 35.3 Å². The normalized spacial score (nSPS) is 14.2. The number of methoxy groups -OCH3 is 2. The van der Waals surface area contributed by atoms with Crippen molar-refractivity contribution in [3.63, 3.8) is 0 Å². The lowest BCUT2D eigenvalue weighted by Gasteiger charge is -2.28. The minimum Gasteiger partial charge on any atom is -0.493 e. The Kier molecular flexibility index (Phi) is 4.24. The number of aromatic carboxylic acids is 1. The number of hydrogen-bond donors (Lipinski definition) is 1. The Bertz CT molecular complexity index is 732. The molecule has 1 N–H and O–H groups in total. The predicted octanol–water partition coefficient (Wildman–Crippen LogP) is 4.34. The zero-order chi connectivity index (χ0) is 16.4. The lowest BCUT2D eigenvalue weighted by atomic mass is 9.78. The highest BCUT2D eigenvalue weighted by Gasteiger charge is 2.26. The molecule has 0 aromatic heterocycles. The van der Waals surface area contributed by atoms with Crippen molar-refractivity contribution in [1.82, 2.24) is 0 Å². The van der Waals surface area contributed by atoms with Gasteiger partial charge < -0.3 is 14.6 Å². The molecule has 0 heterocycles. The molecule has 0 unspecified atom stereocenters. The van der Waals surface area contributed by atoms with Crippen molar-refractivity contribution in [1.29, 1.82) is 0 Å². The molecule has 2 aromatic carbocycles. The van der Waals surface area contributed by atoms with Crippen LogP contribution in [-0.2, 0) is 0 Å². The third-order valence-corrected chi connectivity index (χ3v) is 4.50. The maximum absolute atomic E-state index is 11.2. The number of ether oxygens (including phenoxy) is 2. The van der Waals surface area contributed by atoms with Crippen LogP contribution in [0.4, 0.5) is 0 Å². The van der Waals surface area contributed by atoms with Crippen LogP contribution in [0.25, 0.3) is 11.1 Å². The van der Waals surface area contributed by atoms with Crippen LogP contribution in [0.3, 0.4) is 0 Å². The number of hydrogen-bond acceptors (Lipinski definition) is 3. The average Bonchev–Trinajstić information content (AvgIpc) is 2.52. The van der Waals surface area contributed by atoms with Gasteiger partial charge >= 0.3 is 5.97 Å². The molecule has 23 heavy (non-hydrogen) atoms. The Balaban J connectivity index is 2.12. The number of benzene rings is 2. The highest BCUT2D eigenvalue weighted by atomic mass is 16.5. The zero-order valence-corrected chi connectivity index (χ0v) is 13.3. The van der Waals surface area contributed by atoms with Gasteiger partial charge in [0.1, 0.15) is 0 Å². The van der Waals surface area contributed by atoms with Crippen LogP contribution in [0, 0.1) is 0 Å². The molecule has 0 bridgehead atoms. The molecule has 0 saturated heterocycles. The van der Waals surface area contributed by atoms with E-state index in [1.54, 1.807) is 32.4 Å². The van der Waals surface area contributed by atoms with Crippen molar-refractivity contribution in [2.75, 3.05) is 14.2 Å². The summed E-state index contributed by atoms with van der Waals surface area (Å²) in [5, 5.41) is 9.18. The monoisotopic (exact) mass is 312 g/mol. The molecule has 1 fully saturated rings. The molecule has 1 saturated carbocycles. The van der Waals surface area contributed by atoms with Crippen LogP contribution in [0.5, 0.6) is 11.5 Å². The lowest BCUT2D eigenvalue weighted by Crippen LogP contribution is -2.11. The van der Waals surface area contributed by atoms with E-state index in [-0.39, 0.29) is 5.56 Å². The van der Waals surface area contributed by atoms with Crippen LogP contribution in [-0.4, -0.2) is 25.3 Å². The van der Waals surface area contributed by atoms with Crippen LogP contribution in [0.15, 0.2) is 36.4 Å². The smallest absolute Gasteiger partial charge is 0.335 e. The fraction of sp³-hybridized carbons (Fsp3) is 0.316. The SMILES string of the molecule is COc1cc(-c2cccc(C(=O)O)c2)cc(C2CCC2)c1OC. The van der Waals surface area contributed by atoms with Crippen LogP contribution in [0.1, 0.15) is 41.1 Å². The Hall–Kier alpha value is -2.49. The van der Waals surface area contributed by atoms with Crippen LogP contribution < -0.4 is 9.47 Å². The first kappa shape index (κ1) is 15.4. The van der Waals surface area contributed by atoms with E-state index in [4.69, 9.17) is 9.47 Å². The highest BCUT2D eigenvalue weighted by Crippen LogP contribution is 2.46. The summed E-state index contributed by atoms with van der Waals surface area (Å²) in [6, 6.07) is 11.0. The quantitative estimate of drug-likeness (QED) is 0.892. The van der Waals surface area contributed by atoms with Crippen molar-refractivity contribution < 1.29 is 19.4 Å². The second kappa shape index (κ2) is 6.32. The summed E-state index contributed by atoms with van der Waals surface area (Å²) in [4.78, 5) is 11.2. The maximum Gasteiger partial charge on any atom is 0.335 e. The van der Waals surface area contributed by atoms with Crippen molar-refractivity contribution >= 4 is 5.97 Å². The van der Waals surface area contributed by atoms with Gasteiger partial charge in [-0.25, -0.2) is 4.79 Å². The van der Waals surface area contributed by atoms with E-state index in [1.165, 1.54) is 6.42 Å². The van der Waals surface area contributed by atoms with Gasteiger partial charge in [-0.2, -0.15) is 0 Å². The van der Waals surface area contributed by atoms with Crippen LogP contribution in [0.2, 0.25) is 0 Å². The van der Waals surface area contributed by atoms with Crippen LogP contribution >= 0.6 is 0 Å². The summed E-state index contributed by atoms with van der Waals surface area (Å²) < 4.78 is 11.1. The average molecular weight is 312 g/mol. The Morgan fingerprint density at radius 2 is 1.87 bits per heavy atom. The molecule has 3 rings (SSSR count). The Morgan fingerprint density at radius 1 is 1.09 bits per heavy atom. The van der Waals surface area contributed by atoms with Gasteiger partial charge in [0.05, 0.1) is 19.8 Å². The zero-order valence-electron chi connectivity index (χ0n) is 13.3. The van der Waals surface area contributed by atoms with Gasteiger partial charge in [0, 0.05) is 5.56 Å². The molecular weight excluding hydrogens is 292 g/mol. The number of rotatable bonds is 5. The fourth-order valence-electron chi connectivity index (χ4n) is 3.01. The molecule has 0 spiro atoms. The molecule has 1 aliphatic rings. The molecule has 0 amide bonds. The minimum atomic E-state index is -0.924. The van der Waals surface area contributed by atoms with E-state index < -0.39 is 5.97 Å². The molecule has 0 radical (unpaired) electrons. The van der Waals surface area contributed by atoms with E-state index in [1.807, 2.05) is 12.1 Å². The minimum absolute atomic E-state index is 0.280. The first-order valence-corrected chi connectivity index (χ1v) is 7.73. The van der Waals surface area contributed by atoms with E-state index in [2.05, 4.69) is 6.07 Å².